The van der Waals surface area contributed by atoms with Crippen LogP contribution in [0.1, 0.15) is 0 Å². The number of hydrogen-bond acceptors (Lipinski definition) is 7. The fraction of sp³-hybridized carbons (Fsp3) is 0. The molecule has 0 aromatic heterocycles. The topological polar surface area (TPSA) is 149 Å². The van der Waals surface area contributed by atoms with E-state index in [9.17, 15) is 0 Å². The summed E-state index contributed by atoms with van der Waals surface area (Å²) in [6.07, 6.45) is 0. The zero-order valence-corrected chi connectivity index (χ0v) is 7.43. The van der Waals surface area contributed by atoms with Crippen LogP contribution in [0.15, 0.2) is 0 Å². The largest absolute Gasteiger partial charge is 3.00 e. The summed E-state index contributed by atoms with van der Waals surface area (Å²) in [6, 6.07) is 0. The van der Waals surface area contributed by atoms with Crippen molar-refractivity contribution < 1.29 is 33.3 Å². The van der Waals surface area contributed by atoms with E-state index in [2.05, 4.69) is 0 Å². The van der Waals surface area contributed by atoms with Gasteiger partial charge in [-0.2, -0.15) is 7.82 Å². The summed E-state index contributed by atoms with van der Waals surface area (Å²) in [5, 5.41) is 0. The van der Waals surface area contributed by atoms with Crippen LogP contribution in [0.25, 0.3) is 0 Å². The maximum atomic E-state index is 8.55. The van der Waals surface area contributed by atoms with E-state index in [1.807, 2.05) is 0 Å². The van der Waals surface area contributed by atoms with Crippen LogP contribution in [0.3, 0.4) is 0 Å². The first-order chi connectivity index (χ1) is 3.73. The second-order valence-electron chi connectivity index (χ2n) is 0.697. The van der Waals surface area contributed by atoms with Gasteiger partial charge in [0.1, 0.15) is 0 Å². The molecule has 0 aliphatic rings. The summed E-state index contributed by atoms with van der Waals surface area (Å²) in [5.41, 5.74) is 0. The van der Waals surface area contributed by atoms with Crippen LogP contribution in [-0.4, -0.2) is 26.5 Å². The molecule has 0 heterocycles. The molecule has 0 aromatic rings. The Labute approximate surface area is 68.2 Å². The van der Waals surface area contributed by atoms with Crippen molar-refractivity contribution in [2.45, 2.75) is 0 Å². The molecular formula is AlO7PSi-2. The minimum absolute atomic E-state index is 0. The van der Waals surface area contributed by atoms with Gasteiger partial charge in [0.25, 0.3) is 0 Å². The Morgan fingerprint density at radius 2 is 1.10 bits per heavy atom. The van der Waals surface area contributed by atoms with E-state index in [1.165, 1.54) is 0 Å². The molecule has 0 radical (unpaired) electrons. The summed E-state index contributed by atoms with van der Waals surface area (Å²) in [4.78, 5) is 42.7. The molecule has 0 saturated heterocycles. The molecule has 0 aliphatic carbocycles. The third kappa shape index (κ3) is 6470. The molecule has 56 valence electrons. The molecule has 0 aromatic carbocycles. The minimum Gasteiger partial charge on any atom is -0.822 e. The van der Waals surface area contributed by atoms with Crippen LogP contribution in [0.4, 0.5) is 0 Å². The minimum atomic E-state index is -5.39. The van der Waals surface area contributed by atoms with E-state index in [1.54, 1.807) is 0 Å². The Hall–Kier alpha value is 0.259. The van der Waals surface area contributed by atoms with E-state index >= 15 is 0 Å². The summed E-state index contributed by atoms with van der Waals surface area (Å²) in [6.45, 7) is 0. The second-order valence-corrected chi connectivity index (χ2v) is 2.09. The van der Waals surface area contributed by atoms with Gasteiger partial charge >= 0.3 is 17.4 Å². The van der Waals surface area contributed by atoms with Gasteiger partial charge in [-0.3, -0.25) is 0 Å². The smallest absolute Gasteiger partial charge is 0.822 e. The van der Waals surface area contributed by atoms with E-state index in [-0.39, 0.29) is 17.4 Å². The molecular weight excluding hydrogens is 198 g/mol. The summed E-state index contributed by atoms with van der Waals surface area (Å²) in [5.74, 6) is 0. The van der Waals surface area contributed by atoms with Crippen LogP contribution < -0.4 is 24.3 Å². The van der Waals surface area contributed by atoms with Gasteiger partial charge in [-0.25, -0.2) is 0 Å². The fourth-order valence-corrected chi connectivity index (χ4v) is 0. The zero-order valence-electron chi connectivity index (χ0n) is 4.38. The van der Waals surface area contributed by atoms with Crippen LogP contribution in [0, 0.1) is 0 Å². The number of phosphoric acid groups is 1. The predicted molar refractivity (Wildman–Crippen MR) is 19.8 cm³/mol. The fourth-order valence-electron chi connectivity index (χ4n) is 0. The Kier molecular flexibility index (Phi) is 12.3. The first-order valence-electron chi connectivity index (χ1n) is 1.34. The SMILES string of the molecule is O=P([O-])([O-])[O-].O=[Si]([O-])[O-].[Al+3]. The van der Waals surface area contributed by atoms with E-state index in [0.717, 1.165) is 0 Å². The summed E-state index contributed by atoms with van der Waals surface area (Å²) < 4.78 is 17.1. The van der Waals surface area contributed by atoms with E-state index in [0.29, 0.717) is 0 Å². The maximum absolute atomic E-state index is 8.55. The average molecular weight is 198 g/mol. The summed E-state index contributed by atoms with van der Waals surface area (Å²) >= 11 is 0. The van der Waals surface area contributed by atoms with Gasteiger partial charge in [-0.15, -0.1) is 0 Å². The Bertz CT molecular complexity index is 113. The molecule has 0 unspecified atom stereocenters. The molecule has 0 spiro atoms. The number of hydrogen-bond donors (Lipinski definition) is 0. The first kappa shape index (κ1) is 16.7. The Morgan fingerprint density at radius 3 is 1.10 bits per heavy atom. The van der Waals surface area contributed by atoms with Gasteiger partial charge in [-0.1, -0.05) is 0 Å². The van der Waals surface area contributed by atoms with Crippen molar-refractivity contribution in [2.24, 2.45) is 0 Å². The monoisotopic (exact) mass is 198 g/mol. The van der Waals surface area contributed by atoms with Gasteiger partial charge in [0.15, 0.2) is 0 Å². The van der Waals surface area contributed by atoms with Crippen molar-refractivity contribution in [3.05, 3.63) is 0 Å². The van der Waals surface area contributed by atoms with Crippen molar-refractivity contribution >= 4 is 34.4 Å². The van der Waals surface area contributed by atoms with Crippen LogP contribution in [0.5, 0.6) is 0 Å². The van der Waals surface area contributed by atoms with Gasteiger partial charge in [0.05, 0.1) is 0 Å². The molecule has 0 fully saturated rings. The second kappa shape index (κ2) is 7.37. The molecule has 0 atom stereocenters. The molecule has 10 heteroatoms. The average Bonchev–Trinajstić information content (AvgIpc) is 1.19. The van der Waals surface area contributed by atoms with E-state index in [4.69, 9.17) is 33.3 Å². The van der Waals surface area contributed by atoms with Gasteiger partial charge in [-0.05, 0) is 0 Å². The zero-order chi connectivity index (χ0) is 8.08. The predicted octanol–water partition coefficient (Wildman–Crippen LogP) is -6.08. The molecule has 0 N–H and O–H groups in total. The van der Waals surface area contributed by atoms with E-state index < -0.39 is 17.0 Å². The molecule has 0 aliphatic heterocycles. The molecule has 0 amide bonds. The molecule has 10 heavy (non-hydrogen) atoms. The van der Waals surface area contributed by atoms with Crippen LogP contribution >= 0.6 is 7.82 Å². The Morgan fingerprint density at radius 1 is 1.10 bits per heavy atom. The van der Waals surface area contributed by atoms with Gasteiger partial charge in [0, 0.05) is 9.17 Å². The van der Waals surface area contributed by atoms with Crippen molar-refractivity contribution in [3.63, 3.8) is 0 Å². The van der Waals surface area contributed by atoms with Crippen molar-refractivity contribution in [2.75, 3.05) is 0 Å². The quantitative estimate of drug-likeness (QED) is 0.277. The Balaban J connectivity index is -0.0000000910. The molecule has 7 nitrogen and oxygen atoms in total. The van der Waals surface area contributed by atoms with Crippen LogP contribution in [-0.2, 0) is 9.03 Å². The number of rotatable bonds is 0. The third-order valence-electron chi connectivity index (χ3n) is 0. The van der Waals surface area contributed by atoms with Crippen molar-refractivity contribution in [1.82, 2.24) is 0 Å². The van der Waals surface area contributed by atoms with Crippen LogP contribution in [0.2, 0.25) is 0 Å². The van der Waals surface area contributed by atoms with Gasteiger partial charge in [0.2, 0.25) is 0 Å². The van der Waals surface area contributed by atoms with Crippen molar-refractivity contribution in [3.8, 4) is 0 Å². The third-order valence-corrected chi connectivity index (χ3v) is 0. The maximum Gasteiger partial charge on any atom is 3.00 e. The van der Waals surface area contributed by atoms with Gasteiger partial charge < -0.3 is 33.3 Å². The molecule has 0 rings (SSSR count). The standard InChI is InChI=1S/Al.H3O4P.O3Si/c;1-5(2,3)4;1-4(2)3/h;(H3,1,2,3,4);/q+3;;-2/p-3. The first-order valence-corrected chi connectivity index (χ1v) is 4.03. The summed E-state index contributed by atoms with van der Waals surface area (Å²) in [7, 11) is -9.02. The van der Waals surface area contributed by atoms with Crippen molar-refractivity contribution in [1.29, 1.82) is 0 Å². The normalized spacial score (nSPS) is 8.30. The molecule has 0 saturated carbocycles. The molecule has 0 bridgehead atoms.